The number of piperidine rings is 1. The molecule has 1 atom stereocenters. The molecule has 1 N–H and O–H groups in total. The molecule has 0 aromatic rings. The second-order valence-corrected chi connectivity index (χ2v) is 4.91. The van der Waals surface area contributed by atoms with Crippen molar-refractivity contribution in [2.45, 2.75) is 38.1 Å². The van der Waals surface area contributed by atoms with E-state index in [1.54, 1.807) is 4.90 Å². The summed E-state index contributed by atoms with van der Waals surface area (Å²) in [7, 11) is 0. The molecule has 2 fully saturated rings. The molecule has 2 heterocycles. The van der Waals surface area contributed by atoms with Gasteiger partial charge in [0.05, 0.1) is 6.54 Å². The summed E-state index contributed by atoms with van der Waals surface area (Å²) < 4.78 is 0. The first-order valence-electron chi connectivity index (χ1n) is 6.43. The molecule has 0 unspecified atom stereocenters. The van der Waals surface area contributed by atoms with Gasteiger partial charge >= 0.3 is 5.97 Å². The minimum Gasteiger partial charge on any atom is -0.480 e. The summed E-state index contributed by atoms with van der Waals surface area (Å²) in [5, 5.41) is 9.04. The fourth-order valence-electron chi connectivity index (χ4n) is 2.71. The molecule has 2 aliphatic heterocycles. The van der Waals surface area contributed by atoms with Gasteiger partial charge < -0.3 is 10.0 Å². The van der Waals surface area contributed by atoms with Crippen molar-refractivity contribution >= 4 is 11.9 Å². The first-order chi connectivity index (χ1) is 8.18. The van der Waals surface area contributed by atoms with Crippen molar-refractivity contribution in [3.8, 4) is 0 Å². The van der Waals surface area contributed by atoms with Gasteiger partial charge in [-0.15, -0.1) is 0 Å². The van der Waals surface area contributed by atoms with Crippen molar-refractivity contribution in [2.24, 2.45) is 0 Å². The highest BCUT2D eigenvalue weighted by atomic mass is 16.4. The number of aliphatic carboxylic acids is 1. The molecule has 96 valence electrons. The minimum atomic E-state index is -0.797. The van der Waals surface area contributed by atoms with Crippen LogP contribution in [0.3, 0.4) is 0 Å². The number of hydrogen-bond donors (Lipinski definition) is 1. The second-order valence-electron chi connectivity index (χ2n) is 4.91. The molecule has 5 nitrogen and oxygen atoms in total. The van der Waals surface area contributed by atoms with E-state index in [0.717, 1.165) is 38.9 Å². The topological polar surface area (TPSA) is 60.9 Å². The van der Waals surface area contributed by atoms with E-state index in [4.69, 9.17) is 5.11 Å². The highest BCUT2D eigenvalue weighted by molar-refractivity contribution is 5.80. The van der Waals surface area contributed by atoms with Gasteiger partial charge in [0.25, 0.3) is 0 Å². The number of carbonyl (C=O) groups is 2. The molecule has 0 bridgehead atoms. The summed E-state index contributed by atoms with van der Waals surface area (Å²) >= 11 is 0. The van der Waals surface area contributed by atoms with Crippen LogP contribution in [0.25, 0.3) is 0 Å². The van der Waals surface area contributed by atoms with Crippen LogP contribution in [0.4, 0.5) is 0 Å². The third kappa shape index (κ3) is 2.97. The smallest absolute Gasteiger partial charge is 0.320 e. The van der Waals surface area contributed by atoms with Gasteiger partial charge in [-0.05, 0) is 38.6 Å². The van der Waals surface area contributed by atoms with Gasteiger partial charge in [0.15, 0.2) is 0 Å². The third-order valence-electron chi connectivity index (χ3n) is 3.70. The molecule has 0 spiro atoms. The van der Waals surface area contributed by atoms with Gasteiger partial charge in [-0.2, -0.15) is 0 Å². The number of likely N-dealkylation sites (tertiary alicyclic amines) is 2. The van der Waals surface area contributed by atoms with E-state index < -0.39 is 12.0 Å². The average Bonchev–Trinajstić information content (AvgIpc) is 2.78. The molecule has 5 heteroatoms. The maximum atomic E-state index is 12.0. The van der Waals surface area contributed by atoms with Gasteiger partial charge in [0.1, 0.15) is 6.04 Å². The van der Waals surface area contributed by atoms with Crippen LogP contribution in [0.15, 0.2) is 0 Å². The summed E-state index contributed by atoms with van der Waals surface area (Å²) in [6, 6.07) is -0.455. The molecule has 0 radical (unpaired) electrons. The van der Waals surface area contributed by atoms with Crippen molar-refractivity contribution in [3.63, 3.8) is 0 Å². The first-order valence-corrected chi connectivity index (χ1v) is 6.43. The zero-order valence-corrected chi connectivity index (χ0v) is 10.1. The number of carbonyl (C=O) groups excluding carboxylic acids is 1. The van der Waals surface area contributed by atoms with Crippen molar-refractivity contribution in [1.29, 1.82) is 0 Å². The Labute approximate surface area is 101 Å². The summed E-state index contributed by atoms with van der Waals surface area (Å²) in [5.74, 6) is -0.702. The van der Waals surface area contributed by atoms with Crippen LogP contribution in [0.2, 0.25) is 0 Å². The SMILES string of the molecule is O=C(O)[C@@H]1CCCN1CC(=O)N1CCCCC1. The lowest BCUT2D eigenvalue weighted by Crippen LogP contribution is -2.46. The van der Waals surface area contributed by atoms with E-state index in [1.165, 1.54) is 6.42 Å². The Bertz CT molecular complexity index is 300. The van der Waals surface area contributed by atoms with E-state index in [1.807, 2.05) is 4.90 Å². The predicted molar refractivity (Wildman–Crippen MR) is 62.7 cm³/mol. The average molecular weight is 240 g/mol. The second kappa shape index (κ2) is 5.49. The van der Waals surface area contributed by atoms with E-state index in [0.29, 0.717) is 6.42 Å². The van der Waals surface area contributed by atoms with Crippen LogP contribution in [0.1, 0.15) is 32.1 Å². The molecule has 1 amide bonds. The van der Waals surface area contributed by atoms with E-state index in [2.05, 4.69) is 0 Å². The Morgan fingerprint density at radius 2 is 1.76 bits per heavy atom. The molecule has 0 aromatic heterocycles. The summed E-state index contributed by atoms with van der Waals surface area (Å²) in [6.07, 6.45) is 4.90. The Morgan fingerprint density at radius 3 is 2.41 bits per heavy atom. The van der Waals surface area contributed by atoms with Gasteiger partial charge in [-0.3, -0.25) is 14.5 Å². The number of rotatable bonds is 3. The van der Waals surface area contributed by atoms with Crippen LogP contribution >= 0.6 is 0 Å². The van der Waals surface area contributed by atoms with Crippen molar-refractivity contribution in [1.82, 2.24) is 9.80 Å². The predicted octanol–water partition coefficient (Wildman–Crippen LogP) is 0.548. The molecular weight excluding hydrogens is 220 g/mol. The maximum Gasteiger partial charge on any atom is 0.320 e. The normalized spacial score (nSPS) is 26.1. The first kappa shape index (κ1) is 12.4. The molecular formula is C12H20N2O3. The number of carboxylic acids is 1. The molecule has 0 aromatic carbocycles. The fourth-order valence-corrected chi connectivity index (χ4v) is 2.71. The minimum absolute atomic E-state index is 0.0952. The van der Waals surface area contributed by atoms with Crippen LogP contribution in [-0.2, 0) is 9.59 Å². The van der Waals surface area contributed by atoms with Crippen LogP contribution in [-0.4, -0.2) is 59.0 Å². The highest BCUT2D eigenvalue weighted by Gasteiger charge is 2.32. The van der Waals surface area contributed by atoms with Crippen molar-refractivity contribution < 1.29 is 14.7 Å². The van der Waals surface area contributed by atoms with Gasteiger partial charge in [-0.25, -0.2) is 0 Å². The van der Waals surface area contributed by atoms with Gasteiger partial charge in [-0.1, -0.05) is 0 Å². The van der Waals surface area contributed by atoms with E-state index in [9.17, 15) is 9.59 Å². The zero-order chi connectivity index (χ0) is 12.3. The van der Waals surface area contributed by atoms with Crippen LogP contribution in [0, 0.1) is 0 Å². The quantitative estimate of drug-likeness (QED) is 0.782. The van der Waals surface area contributed by atoms with Crippen LogP contribution < -0.4 is 0 Å². The Hall–Kier alpha value is -1.10. The molecule has 0 aliphatic carbocycles. The zero-order valence-electron chi connectivity index (χ0n) is 10.1. The molecule has 17 heavy (non-hydrogen) atoms. The Kier molecular flexibility index (Phi) is 3.99. The number of hydrogen-bond acceptors (Lipinski definition) is 3. The molecule has 2 saturated heterocycles. The molecule has 0 saturated carbocycles. The maximum absolute atomic E-state index is 12.0. The van der Waals surface area contributed by atoms with Crippen molar-refractivity contribution in [2.75, 3.05) is 26.2 Å². The fraction of sp³-hybridized carbons (Fsp3) is 0.833. The van der Waals surface area contributed by atoms with Gasteiger partial charge in [0, 0.05) is 13.1 Å². The number of nitrogens with zero attached hydrogens (tertiary/aromatic N) is 2. The number of carboxylic acid groups (broad SMARTS) is 1. The molecule has 2 aliphatic rings. The van der Waals surface area contributed by atoms with E-state index >= 15 is 0 Å². The lowest BCUT2D eigenvalue weighted by molar-refractivity contribution is -0.143. The van der Waals surface area contributed by atoms with Crippen LogP contribution in [0.5, 0.6) is 0 Å². The van der Waals surface area contributed by atoms with E-state index in [-0.39, 0.29) is 12.5 Å². The monoisotopic (exact) mass is 240 g/mol. The summed E-state index contributed by atoms with van der Waals surface area (Å²) in [6.45, 7) is 2.68. The number of amides is 1. The lowest BCUT2D eigenvalue weighted by Gasteiger charge is -2.29. The largest absolute Gasteiger partial charge is 0.480 e. The Morgan fingerprint density at radius 1 is 1.06 bits per heavy atom. The standard InChI is InChI=1S/C12H20N2O3/c15-11(13-6-2-1-3-7-13)9-14-8-4-5-10(14)12(16)17/h10H,1-9H2,(H,16,17)/t10-/m0/s1. The molecule has 2 rings (SSSR count). The lowest BCUT2D eigenvalue weighted by atomic mass is 10.1. The summed E-state index contributed by atoms with van der Waals surface area (Å²) in [5.41, 5.74) is 0. The summed E-state index contributed by atoms with van der Waals surface area (Å²) in [4.78, 5) is 26.7. The van der Waals surface area contributed by atoms with Gasteiger partial charge in [0.2, 0.25) is 5.91 Å². The van der Waals surface area contributed by atoms with Crippen molar-refractivity contribution in [3.05, 3.63) is 0 Å². The Balaban J connectivity index is 1.86. The third-order valence-corrected chi connectivity index (χ3v) is 3.70. The highest BCUT2D eigenvalue weighted by Crippen LogP contribution is 2.18.